The van der Waals surface area contributed by atoms with Crippen molar-refractivity contribution in [3.63, 3.8) is 0 Å². The number of nitrogens with zero attached hydrogens (tertiary/aromatic N) is 2. The minimum absolute atomic E-state index is 0.0644. The van der Waals surface area contributed by atoms with Crippen LogP contribution >= 0.6 is 11.3 Å². The second-order valence-electron chi connectivity index (χ2n) is 4.32. The molecule has 0 fully saturated rings. The molecule has 0 aliphatic rings. The third kappa shape index (κ3) is 2.77. The fourth-order valence-electron chi connectivity index (χ4n) is 1.80. The number of benzene rings is 1. The summed E-state index contributed by atoms with van der Waals surface area (Å²) in [4.78, 5) is 30.8. The zero-order valence-electron chi connectivity index (χ0n) is 10.9. The molecule has 0 aliphatic heterocycles. The fourth-order valence-corrected chi connectivity index (χ4v) is 2.70. The van der Waals surface area contributed by atoms with E-state index in [9.17, 15) is 14.0 Å². The van der Waals surface area contributed by atoms with Gasteiger partial charge >= 0.3 is 5.97 Å². The number of carboxylic acids is 1. The van der Waals surface area contributed by atoms with E-state index in [1.54, 1.807) is 6.07 Å². The Hall–Kier alpha value is -2.87. The Morgan fingerprint density at radius 1 is 1.23 bits per heavy atom. The average molecular weight is 317 g/mol. The molecule has 8 heteroatoms. The Morgan fingerprint density at radius 2 is 2.05 bits per heavy atom. The molecule has 2 N–H and O–H groups in total. The number of aromatic nitrogens is 2. The lowest BCUT2D eigenvalue weighted by atomic mass is 10.2. The topological polar surface area (TPSA) is 92.2 Å². The van der Waals surface area contributed by atoms with Gasteiger partial charge in [-0.15, -0.1) is 0 Å². The molecule has 0 aliphatic carbocycles. The van der Waals surface area contributed by atoms with Gasteiger partial charge in [0.15, 0.2) is 5.13 Å². The summed E-state index contributed by atoms with van der Waals surface area (Å²) in [6, 6.07) is 6.63. The van der Waals surface area contributed by atoms with E-state index in [1.165, 1.54) is 18.3 Å². The molecule has 1 amide bonds. The number of rotatable bonds is 3. The molecule has 0 unspecified atom stereocenters. The van der Waals surface area contributed by atoms with Crippen LogP contribution < -0.4 is 5.32 Å². The number of aromatic carboxylic acids is 1. The van der Waals surface area contributed by atoms with Crippen LogP contribution in [0.25, 0.3) is 10.2 Å². The van der Waals surface area contributed by atoms with Crippen molar-refractivity contribution in [1.82, 2.24) is 9.97 Å². The minimum atomic E-state index is -1.04. The SMILES string of the molecule is O=C(O)c1ccc2nc(NC(=O)c3cc(F)ccn3)sc2c1. The van der Waals surface area contributed by atoms with Crippen molar-refractivity contribution in [2.24, 2.45) is 0 Å². The van der Waals surface area contributed by atoms with Crippen molar-refractivity contribution in [3.05, 3.63) is 53.6 Å². The Labute approximate surface area is 127 Å². The highest BCUT2D eigenvalue weighted by Gasteiger charge is 2.13. The van der Waals surface area contributed by atoms with Crippen molar-refractivity contribution in [3.8, 4) is 0 Å². The predicted molar refractivity (Wildman–Crippen MR) is 78.7 cm³/mol. The minimum Gasteiger partial charge on any atom is -0.478 e. The van der Waals surface area contributed by atoms with E-state index < -0.39 is 17.7 Å². The monoisotopic (exact) mass is 317 g/mol. The van der Waals surface area contributed by atoms with Crippen molar-refractivity contribution >= 4 is 38.6 Å². The molecule has 6 nitrogen and oxygen atoms in total. The molecule has 2 aromatic heterocycles. The van der Waals surface area contributed by atoms with Gasteiger partial charge in [-0.3, -0.25) is 15.1 Å². The van der Waals surface area contributed by atoms with E-state index in [2.05, 4.69) is 15.3 Å². The maximum Gasteiger partial charge on any atom is 0.335 e. The van der Waals surface area contributed by atoms with Crippen LogP contribution in [0.5, 0.6) is 0 Å². The quantitative estimate of drug-likeness (QED) is 0.775. The smallest absolute Gasteiger partial charge is 0.335 e. The lowest BCUT2D eigenvalue weighted by Crippen LogP contribution is -2.13. The van der Waals surface area contributed by atoms with Crippen LogP contribution in [-0.4, -0.2) is 27.0 Å². The average Bonchev–Trinajstić information content (AvgIpc) is 2.88. The van der Waals surface area contributed by atoms with Crippen LogP contribution in [0.15, 0.2) is 36.5 Å². The molecule has 3 rings (SSSR count). The zero-order chi connectivity index (χ0) is 15.7. The molecule has 0 spiro atoms. The van der Waals surface area contributed by atoms with Crippen LogP contribution in [0.1, 0.15) is 20.8 Å². The lowest BCUT2D eigenvalue weighted by Gasteiger charge is -2.00. The van der Waals surface area contributed by atoms with Gasteiger partial charge in [0.1, 0.15) is 11.5 Å². The van der Waals surface area contributed by atoms with E-state index in [-0.39, 0.29) is 16.4 Å². The predicted octanol–water partition coefficient (Wildman–Crippen LogP) is 2.78. The van der Waals surface area contributed by atoms with Crippen molar-refractivity contribution in [2.45, 2.75) is 0 Å². The number of hydrogen-bond donors (Lipinski definition) is 2. The maximum absolute atomic E-state index is 13.1. The van der Waals surface area contributed by atoms with Gasteiger partial charge in [-0.1, -0.05) is 11.3 Å². The zero-order valence-corrected chi connectivity index (χ0v) is 11.7. The highest BCUT2D eigenvalue weighted by Crippen LogP contribution is 2.27. The number of carbonyl (C=O) groups is 2. The third-order valence-corrected chi connectivity index (χ3v) is 3.74. The molecule has 2 heterocycles. The first-order valence-electron chi connectivity index (χ1n) is 6.10. The summed E-state index contributed by atoms with van der Waals surface area (Å²) in [5.41, 5.74) is 0.642. The van der Waals surface area contributed by atoms with Gasteiger partial charge in [0.25, 0.3) is 5.91 Å². The van der Waals surface area contributed by atoms with E-state index in [4.69, 9.17) is 5.11 Å². The highest BCUT2D eigenvalue weighted by atomic mass is 32.1. The molecular formula is C14H8FN3O3S. The standard InChI is InChI=1S/C14H8FN3O3S/c15-8-3-4-16-10(6-8)12(19)18-14-17-9-2-1-7(13(20)21)5-11(9)22-14/h1-6H,(H,20,21)(H,17,18,19). The fraction of sp³-hybridized carbons (Fsp3) is 0. The summed E-state index contributed by atoms with van der Waals surface area (Å²) in [7, 11) is 0. The van der Waals surface area contributed by atoms with Crippen LogP contribution in [0.3, 0.4) is 0 Å². The Balaban J connectivity index is 1.87. The largest absolute Gasteiger partial charge is 0.478 e. The van der Waals surface area contributed by atoms with E-state index in [1.807, 2.05) is 0 Å². The van der Waals surface area contributed by atoms with Gasteiger partial charge in [-0.2, -0.15) is 0 Å². The van der Waals surface area contributed by atoms with Crippen LogP contribution in [0, 0.1) is 5.82 Å². The van der Waals surface area contributed by atoms with E-state index in [0.29, 0.717) is 10.2 Å². The Bertz CT molecular complexity index is 894. The molecule has 3 aromatic rings. The van der Waals surface area contributed by atoms with Gasteiger partial charge < -0.3 is 5.11 Å². The summed E-state index contributed by atoms with van der Waals surface area (Å²) in [6.45, 7) is 0. The van der Waals surface area contributed by atoms with Gasteiger partial charge in [0, 0.05) is 12.3 Å². The number of carbonyl (C=O) groups excluding carboxylic acids is 1. The van der Waals surface area contributed by atoms with E-state index >= 15 is 0 Å². The number of nitrogens with one attached hydrogen (secondary N) is 1. The van der Waals surface area contributed by atoms with Crippen LogP contribution in [0.2, 0.25) is 0 Å². The third-order valence-electron chi connectivity index (χ3n) is 2.81. The molecule has 0 atom stereocenters. The highest BCUT2D eigenvalue weighted by molar-refractivity contribution is 7.22. The molecule has 0 bridgehead atoms. The first-order valence-corrected chi connectivity index (χ1v) is 6.91. The molecule has 1 aromatic carbocycles. The summed E-state index contributed by atoms with van der Waals surface area (Å²) in [5.74, 6) is -2.18. The van der Waals surface area contributed by atoms with E-state index in [0.717, 1.165) is 23.5 Å². The number of amides is 1. The van der Waals surface area contributed by atoms with Gasteiger partial charge in [-0.25, -0.2) is 14.2 Å². The lowest BCUT2D eigenvalue weighted by molar-refractivity contribution is 0.0697. The number of carboxylic acid groups (broad SMARTS) is 1. The maximum atomic E-state index is 13.1. The molecular weight excluding hydrogens is 309 g/mol. The number of fused-ring (bicyclic) bond motifs is 1. The second kappa shape index (κ2) is 5.49. The first kappa shape index (κ1) is 14.1. The molecule has 110 valence electrons. The van der Waals surface area contributed by atoms with Crippen molar-refractivity contribution in [1.29, 1.82) is 0 Å². The van der Waals surface area contributed by atoms with Crippen molar-refractivity contribution < 1.29 is 19.1 Å². The summed E-state index contributed by atoms with van der Waals surface area (Å²) in [6.07, 6.45) is 1.20. The molecule has 22 heavy (non-hydrogen) atoms. The summed E-state index contributed by atoms with van der Waals surface area (Å²) in [5, 5.41) is 11.7. The number of pyridine rings is 1. The molecule has 0 radical (unpaired) electrons. The van der Waals surface area contributed by atoms with Gasteiger partial charge in [0.2, 0.25) is 0 Å². The first-order chi connectivity index (χ1) is 10.5. The van der Waals surface area contributed by atoms with Crippen LogP contribution in [-0.2, 0) is 0 Å². The second-order valence-corrected chi connectivity index (χ2v) is 5.35. The van der Waals surface area contributed by atoms with Crippen molar-refractivity contribution in [2.75, 3.05) is 5.32 Å². The number of halogens is 1. The van der Waals surface area contributed by atoms with Crippen LogP contribution in [0.4, 0.5) is 9.52 Å². The number of thiazole rings is 1. The molecule has 0 saturated heterocycles. The van der Waals surface area contributed by atoms with Gasteiger partial charge in [-0.05, 0) is 24.3 Å². The Kier molecular flexibility index (Phi) is 3.51. The summed E-state index contributed by atoms with van der Waals surface area (Å²) >= 11 is 1.13. The number of hydrogen-bond acceptors (Lipinski definition) is 5. The number of anilines is 1. The summed E-state index contributed by atoms with van der Waals surface area (Å²) < 4.78 is 13.7. The Morgan fingerprint density at radius 3 is 2.77 bits per heavy atom. The normalized spacial score (nSPS) is 10.6. The molecule has 0 saturated carbocycles. The van der Waals surface area contributed by atoms with Gasteiger partial charge in [0.05, 0.1) is 15.8 Å².